The van der Waals surface area contributed by atoms with Crippen molar-refractivity contribution in [2.45, 2.75) is 13.8 Å². The molecule has 0 saturated carbocycles. The Morgan fingerprint density at radius 2 is 1.93 bits per heavy atom. The van der Waals surface area contributed by atoms with Crippen molar-refractivity contribution in [2.24, 2.45) is 0 Å². The van der Waals surface area contributed by atoms with E-state index in [1.54, 1.807) is 26.2 Å². The molecule has 2 radical (unpaired) electrons. The van der Waals surface area contributed by atoms with Gasteiger partial charge < -0.3 is 4.90 Å². The molecule has 0 bridgehead atoms. The summed E-state index contributed by atoms with van der Waals surface area (Å²) in [4.78, 5) is 13.1. The van der Waals surface area contributed by atoms with Gasteiger partial charge in [0.1, 0.15) is 7.85 Å². The maximum atomic E-state index is 11.6. The second-order valence-corrected chi connectivity index (χ2v) is 3.30. The van der Waals surface area contributed by atoms with Crippen LogP contribution in [-0.2, 0) is 4.79 Å². The molecule has 3 heteroatoms. The van der Waals surface area contributed by atoms with E-state index in [9.17, 15) is 4.79 Å². The van der Waals surface area contributed by atoms with Crippen molar-refractivity contribution in [3.05, 3.63) is 35.3 Å². The van der Waals surface area contributed by atoms with E-state index in [2.05, 4.69) is 6.58 Å². The lowest BCUT2D eigenvalue weighted by atomic mass is 9.89. The van der Waals surface area contributed by atoms with Gasteiger partial charge in [-0.25, -0.2) is 0 Å². The molecule has 0 aromatic carbocycles. The second-order valence-electron chi connectivity index (χ2n) is 3.30. The van der Waals surface area contributed by atoms with E-state index in [4.69, 9.17) is 7.85 Å². The Morgan fingerprint density at radius 3 is 2.21 bits per heavy atom. The van der Waals surface area contributed by atoms with E-state index >= 15 is 0 Å². The normalized spacial score (nSPS) is 12.6. The summed E-state index contributed by atoms with van der Waals surface area (Å²) in [6.07, 6.45) is 3.50. The SMILES string of the molecule is [B]C(=C)/C(C)=C\C(=C/C)C(=O)N(C)C. The number of nitrogens with zero attached hydrogens (tertiary/aromatic N) is 1. The highest BCUT2D eigenvalue weighted by atomic mass is 16.2. The van der Waals surface area contributed by atoms with Crippen LogP contribution in [0.25, 0.3) is 0 Å². The molecule has 74 valence electrons. The van der Waals surface area contributed by atoms with Crippen LogP contribution in [0.4, 0.5) is 0 Å². The van der Waals surface area contributed by atoms with Gasteiger partial charge in [0.2, 0.25) is 0 Å². The van der Waals surface area contributed by atoms with Gasteiger partial charge >= 0.3 is 0 Å². The molecule has 0 rings (SSSR count). The summed E-state index contributed by atoms with van der Waals surface area (Å²) < 4.78 is 0. The molecule has 0 aliphatic carbocycles. The van der Waals surface area contributed by atoms with Crippen LogP contribution in [0.1, 0.15) is 13.8 Å². The Kier molecular flexibility index (Phi) is 4.99. The fourth-order valence-electron chi connectivity index (χ4n) is 0.853. The summed E-state index contributed by atoms with van der Waals surface area (Å²) in [6, 6.07) is 0. The zero-order valence-electron chi connectivity index (χ0n) is 9.29. The van der Waals surface area contributed by atoms with Crippen LogP contribution >= 0.6 is 0 Å². The van der Waals surface area contributed by atoms with E-state index < -0.39 is 0 Å². The summed E-state index contributed by atoms with van der Waals surface area (Å²) in [6.45, 7) is 7.25. The smallest absolute Gasteiger partial charge is 0.253 e. The van der Waals surface area contributed by atoms with Gasteiger partial charge in [0, 0.05) is 19.7 Å². The Bertz CT molecular complexity index is 300. The fraction of sp³-hybridized carbons (Fsp3) is 0.364. The first-order valence-corrected chi connectivity index (χ1v) is 4.41. The zero-order valence-corrected chi connectivity index (χ0v) is 9.29. The third kappa shape index (κ3) is 3.65. The molecule has 0 saturated heterocycles. The van der Waals surface area contributed by atoms with E-state index in [1.165, 1.54) is 4.90 Å². The molecule has 0 aromatic heterocycles. The average Bonchev–Trinajstić information content (AvgIpc) is 2.12. The number of amides is 1. The molecule has 0 N–H and O–H groups in total. The number of allylic oxidation sites excluding steroid dienone is 3. The monoisotopic (exact) mass is 189 g/mol. The Labute approximate surface area is 87.4 Å². The molecule has 0 fully saturated rings. The van der Waals surface area contributed by atoms with Crippen molar-refractivity contribution in [3.8, 4) is 0 Å². The molecule has 1 amide bonds. The number of carbonyl (C=O) groups excluding carboxylic acids is 1. The van der Waals surface area contributed by atoms with Gasteiger partial charge in [0.15, 0.2) is 0 Å². The molecular formula is C11H16BNO. The molecule has 2 nitrogen and oxygen atoms in total. The predicted octanol–water partition coefficient (Wildman–Crippen LogP) is 1.65. The predicted molar refractivity (Wildman–Crippen MR) is 61.1 cm³/mol. The maximum Gasteiger partial charge on any atom is 0.253 e. The zero-order chi connectivity index (χ0) is 11.3. The van der Waals surface area contributed by atoms with Crippen LogP contribution in [0, 0.1) is 0 Å². The van der Waals surface area contributed by atoms with Gasteiger partial charge in [-0.1, -0.05) is 11.6 Å². The van der Waals surface area contributed by atoms with Crippen molar-refractivity contribution >= 4 is 13.8 Å². The molecule has 0 atom stereocenters. The topological polar surface area (TPSA) is 20.3 Å². The lowest BCUT2D eigenvalue weighted by Gasteiger charge is -2.11. The minimum absolute atomic E-state index is 0.0342. The van der Waals surface area contributed by atoms with Crippen LogP contribution in [0.2, 0.25) is 0 Å². The molecule has 14 heavy (non-hydrogen) atoms. The summed E-state index contributed by atoms with van der Waals surface area (Å²) in [7, 11) is 8.93. The second kappa shape index (κ2) is 5.48. The molecule has 0 spiro atoms. The molecule has 0 heterocycles. The van der Waals surface area contributed by atoms with Gasteiger partial charge in [-0.2, -0.15) is 0 Å². The van der Waals surface area contributed by atoms with Gasteiger partial charge in [0.05, 0.1) is 0 Å². The van der Waals surface area contributed by atoms with Crippen molar-refractivity contribution in [1.29, 1.82) is 0 Å². The molecule has 0 aliphatic rings. The highest BCUT2D eigenvalue weighted by molar-refractivity contribution is 6.24. The van der Waals surface area contributed by atoms with E-state index in [1.807, 2.05) is 13.8 Å². The minimum Gasteiger partial charge on any atom is -0.345 e. The minimum atomic E-state index is -0.0342. The highest BCUT2D eigenvalue weighted by Gasteiger charge is 2.07. The van der Waals surface area contributed by atoms with Crippen molar-refractivity contribution < 1.29 is 4.79 Å². The first-order chi connectivity index (χ1) is 6.40. The first kappa shape index (κ1) is 12.8. The van der Waals surface area contributed by atoms with Crippen LogP contribution in [0.15, 0.2) is 35.3 Å². The number of hydrogen-bond acceptors (Lipinski definition) is 1. The lowest BCUT2D eigenvalue weighted by molar-refractivity contribution is -0.124. The van der Waals surface area contributed by atoms with Gasteiger partial charge in [-0.3, -0.25) is 4.79 Å². The quantitative estimate of drug-likeness (QED) is 0.375. The first-order valence-electron chi connectivity index (χ1n) is 4.41. The van der Waals surface area contributed by atoms with Crippen LogP contribution in [-0.4, -0.2) is 32.7 Å². The summed E-state index contributed by atoms with van der Waals surface area (Å²) in [5, 5.41) is 0. The maximum absolute atomic E-state index is 11.6. The van der Waals surface area contributed by atoms with Gasteiger partial charge in [0.25, 0.3) is 5.91 Å². The standard InChI is InChI=1S/C11H16BNO/c1-6-10(11(14)13(4)5)7-8(2)9(3)12/h6-7H,3H2,1-2,4-5H3/b8-7-,10-6+. The Morgan fingerprint density at radius 1 is 1.43 bits per heavy atom. The Balaban J connectivity index is 4.88. The molecule has 0 aliphatic heterocycles. The van der Waals surface area contributed by atoms with Crippen LogP contribution in [0.5, 0.6) is 0 Å². The van der Waals surface area contributed by atoms with Crippen molar-refractivity contribution in [1.82, 2.24) is 4.90 Å². The average molecular weight is 189 g/mol. The number of likely N-dealkylation sites (N-methyl/N-ethyl adjacent to an activating group) is 1. The van der Waals surface area contributed by atoms with E-state index in [-0.39, 0.29) is 5.91 Å². The summed E-state index contributed by atoms with van der Waals surface area (Å²) in [5.41, 5.74) is 1.92. The number of carbonyl (C=O) groups is 1. The van der Waals surface area contributed by atoms with Gasteiger partial charge in [-0.05, 0) is 19.9 Å². The van der Waals surface area contributed by atoms with E-state index in [0.29, 0.717) is 11.0 Å². The van der Waals surface area contributed by atoms with Gasteiger partial charge in [-0.15, -0.1) is 12.1 Å². The van der Waals surface area contributed by atoms with Crippen LogP contribution < -0.4 is 0 Å². The molecular weight excluding hydrogens is 173 g/mol. The number of rotatable bonds is 3. The molecule has 0 aromatic rings. The van der Waals surface area contributed by atoms with Crippen LogP contribution in [0.3, 0.4) is 0 Å². The fourth-order valence-corrected chi connectivity index (χ4v) is 0.853. The highest BCUT2D eigenvalue weighted by Crippen LogP contribution is 2.09. The lowest BCUT2D eigenvalue weighted by Crippen LogP contribution is -2.22. The van der Waals surface area contributed by atoms with E-state index in [0.717, 1.165) is 5.57 Å². The Hall–Kier alpha value is -1.25. The summed E-state index contributed by atoms with van der Waals surface area (Å²) >= 11 is 0. The number of hydrogen-bond donors (Lipinski definition) is 0. The van der Waals surface area contributed by atoms with Crippen molar-refractivity contribution in [2.75, 3.05) is 14.1 Å². The largest absolute Gasteiger partial charge is 0.345 e. The third-order valence-electron chi connectivity index (χ3n) is 1.84. The van der Waals surface area contributed by atoms with Crippen molar-refractivity contribution in [3.63, 3.8) is 0 Å². The third-order valence-corrected chi connectivity index (χ3v) is 1.84. The summed E-state index contributed by atoms with van der Waals surface area (Å²) in [5.74, 6) is -0.0342. The molecule has 0 unspecified atom stereocenters.